The molecule has 0 aliphatic carbocycles. The fraction of sp³-hybridized carbons (Fsp3) is 0.250. The van der Waals surface area contributed by atoms with Gasteiger partial charge in [0.05, 0.1) is 17.2 Å². The molecule has 0 radical (unpaired) electrons. The van der Waals surface area contributed by atoms with E-state index in [0.717, 1.165) is 12.1 Å². The molecule has 1 atom stereocenters. The summed E-state index contributed by atoms with van der Waals surface area (Å²) in [5.41, 5.74) is 1.94. The number of halogens is 3. The lowest BCUT2D eigenvalue weighted by Crippen LogP contribution is -2.30. The quantitative estimate of drug-likeness (QED) is 0.535. The molecule has 4 aromatic rings. The van der Waals surface area contributed by atoms with Crippen molar-refractivity contribution in [3.05, 3.63) is 53.6 Å². The molecule has 0 aliphatic rings. The molecule has 1 unspecified atom stereocenters. The minimum atomic E-state index is -4.42. The predicted molar refractivity (Wildman–Crippen MR) is 104 cm³/mol. The SMILES string of the molecule is CC(O)CNC(=O)c1ccc2c(c1)c1nnn(C)c1n2-c1ccc(C(F)(F)F)cc1. The van der Waals surface area contributed by atoms with Gasteiger partial charge < -0.3 is 10.4 Å². The largest absolute Gasteiger partial charge is 0.416 e. The highest BCUT2D eigenvalue weighted by Crippen LogP contribution is 2.33. The predicted octanol–water partition coefficient (Wildman–Crippen LogP) is 3.04. The first-order valence-electron chi connectivity index (χ1n) is 9.14. The van der Waals surface area contributed by atoms with Crippen molar-refractivity contribution in [1.29, 1.82) is 0 Å². The molecular formula is C20H18F3N5O2. The molecule has 30 heavy (non-hydrogen) atoms. The zero-order valence-corrected chi connectivity index (χ0v) is 16.1. The lowest BCUT2D eigenvalue weighted by molar-refractivity contribution is -0.137. The number of alkyl halides is 3. The maximum atomic E-state index is 12.9. The number of aryl methyl sites for hydroxylation is 1. The lowest BCUT2D eigenvalue weighted by Gasteiger charge is -2.11. The first kappa shape index (κ1) is 19.9. The number of aliphatic hydroxyl groups is 1. The number of hydrogen-bond acceptors (Lipinski definition) is 4. The van der Waals surface area contributed by atoms with E-state index in [0.29, 0.717) is 33.3 Å². The third-order valence-electron chi connectivity index (χ3n) is 4.77. The van der Waals surface area contributed by atoms with E-state index in [4.69, 9.17) is 0 Å². The van der Waals surface area contributed by atoms with Crippen LogP contribution in [0.15, 0.2) is 42.5 Å². The van der Waals surface area contributed by atoms with E-state index in [9.17, 15) is 23.1 Å². The van der Waals surface area contributed by atoms with Gasteiger partial charge in [-0.15, -0.1) is 5.10 Å². The van der Waals surface area contributed by atoms with Crippen molar-refractivity contribution < 1.29 is 23.1 Å². The average molecular weight is 417 g/mol. The van der Waals surface area contributed by atoms with Crippen LogP contribution < -0.4 is 5.32 Å². The van der Waals surface area contributed by atoms with E-state index in [1.807, 2.05) is 0 Å². The molecule has 4 rings (SSSR count). The molecule has 156 valence electrons. The Balaban J connectivity index is 1.85. The van der Waals surface area contributed by atoms with Gasteiger partial charge in [0.2, 0.25) is 0 Å². The number of carbonyl (C=O) groups is 1. The maximum absolute atomic E-state index is 12.9. The lowest BCUT2D eigenvalue weighted by atomic mass is 10.1. The summed E-state index contributed by atoms with van der Waals surface area (Å²) in [5.74, 6) is -0.350. The number of benzene rings is 2. The molecule has 2 aromatic carbocycles. The van der Waals surface area contributed by atoms with Crippen molar-refractivity contribution in [2.75, 3.05) is 6.54 Å². The van der Waals surface area contributed by atoms with Crippen molar-refractivity contribution in [3.8, 4) is 5.69 Å². The summed E-state index contributed by atoms with van der Waals surface area (Å²) in [4.78, 5) is 12.4. The summed E-state index contributed by atoms with van der Waals surface area (Å²) in [5, 5.41) is 20.8. The summed E-state index contributed by atoms with van der Waals surface area (Å²) in [7, 11) is 1.69. The second-order valence-electron chi connectivity index (χ2n) is 7.06. The minimum Gasteiger partial charge on any atom is -0.392 e. The normalized spacial score (nSPS) is 13.1. The number of rotatable bonds is 4. The van der Waals surface area contributed by atoms with Gasteiger partial charge in [0, 0.05) is 30.2 Å². The van der Waals surface area contributed by atoms with Crippen LogP contribution in [0.2, 0.25) is 0 Å². The van der Waals surface area contributed by atoms with Crippen molar-refractivity contribution in [2.45, 2.75) is 19.2 Å². The molecule has 0 aliphatic heterocycles. The Morgan fingerprint density at radius 1 is 1.20 bits per heavy atom. The van der Waals surface area contributed by atoms with Crippen molar-refractivity contribution in [1.82, 2.24) is 24.9 Å². The Morgan fingerprint density at radius 3 is 2.53 bits per heavy atom. The van der Waals surface area contributed by atoms with E-state index < -0.39 is 17.8 Å². The van der Waals surface area contributed by atoms with E-state index in [-0.39, 0.29) is 12.5 Å². The zero-order chi connectivity index (χ0) is 21.6. The van der Waals surface area contributed by atoms with Gasteiger partial charge in [-0.25, -0.2) is 4.68 Å². The molecule has 0 saturated heterocycles. The molecule has 2 heterocycles. The number of amides is 1. The topological polar surface area (TPSA) is 85.0 Å². The number of nitrogens with zero attached hydrogens (tertiary/aromatic N) is 4. The minimum absolute atomic E-state index is 0.115. The Morgan fingerprint density at radius 2 is 1.90 bits per heavy atom. The Labute approximate surface area is 168 Å². The monoisotopic (exact) mass is 417 g/mol. The molecule has 0 bridgehead atoms. The third kappa shape index (κ3) is 3.39. The zero-order valence-electron chi connectivity index (χ0n) is 16.1. The smallest absolute Gasteiger partial charge is 0.392 e. The number of nitrogens with one attached hydrogen (secondary N) is 1. The van der Waals surface area contributed by atoms with Crippen molar-refractivity contribution >= 4 is 28.0 Å². The van der Waals surface area contributed by atoms with Crippen LogP contribution in [0.25, 0.3) is 27.8 Å². The number of carbonyl (C=O) groups excluding carboxylic acids is 1. The summed E-state index contributed by atoms with van der Waals surface area (Å²) >= 11 is 0. The van der Waals surface area contributed by atoms with Crippen LogP contribution in [0.4, 0.5) is 13.2 Å². The highest BCUT2D eigenvalue weighted by molar-refractivity contribution is 6.09. The van der Waals surface area contributed by atoms with E-state index in [2.05, 4.69) is 15.6 Å². The van der Waals surface area contributed by atoms with E-state index in [1.165, 1.54) is 16.8 Å². The van der Waals surface area contributed by atoms with Crippen LogP contribution in [0.1, 0.15) is 22.8 Å². The average Bonchev–Trinajstić information content (AvgIpc) is 3.23. The van der Waals surface area contributed by atoms with E-state index in [1.54, 1.807) is 36.7 Å². The van der Waals surface area contributed by atoms with Crippen molar-refractivity contribution in [3.63, 3.8) is 0 Å². The molecule has 1 amide bonds. The van der Waals surface area contributed by atoms with Gasteiger partial charge in [-0.1, -0.05) is 5.21 Å². The molecule has 2 N–H and O–H groups in total. The van der Waals surface area contributed by atoms with Crippen LogP contribution in [-0.4, -0.2) is 43.2 Å². The van der Waals surface area contributed by atoms with Gasteiger partial charge in [0.15, 0.2) is 5.65 Å². The molecule has 0 saturated carbocycles. The molecular weight excluding hydrogens is 399 g/mol. The fourth-order valence-electron chi connectivity index (χ4n) is 3.36. The molecule has 7 nitrogen and oxygen atoms in total. The summed E-state index contributed by atoms with van der Waals surface area (Å²) in [6.45, 7) is 1.68. The van der Waals surface area contributed by atoms with Gasteiger partial charge in [-0.3, -0.25) is 9.36 Å². The van der Waals surface area contributed by atoms with Crippen LogP contribution >= 0.6 is 0 Å². The molecule has 10 heteroatoms. The van der Waals surface area contributed by atoms with Gasteiger partial charge in [0.25, 0.3) is 5.91 Å². The van der Waals surface area contributed by atoms with Crippen molar-refractivity contribution in [2.24, 2.45) is 7.05 Å². The van der Waals surface area contributed by atoms with Crippen LogP contribution in [0.3, 0.4) is 0 Å². The summed E-state index contributed by atoms with van der Waals surface area (Å²) < 4.78 is 42.1. The van der Waals surface area contributed by atoms with Gasteiger partial charge in [-0.2, -0.15) is 13.2 Å². The molecule has 0 fully saturated rings. The fourth-order valence-corrected chi connectivity index (χ4v) is 3.36. The Kier molecular flexibility index (Phi) is 4.73. The molecule has 2 aromatic heterocycles. The van der Waals surface area contributed by atoms with Gasteiger partial charge >= 0.3 is 6.18 Å². The Hall–Kier alpha value is -3.40. The third-order valence-corrected chi connectivity index (χ3v) is 4.77. The summed E-state index contributed by atoms with van der Waals surface area (Å²) in [6.07, 6.45) is -5.10. The van der Waals surface area contributed by atoms with Gasteiger partial charge in [0.1, 0.15) is 5.52 Å². The highest BCUT2D eigenvalue weighted by atomic mass is 19.4. The maximum Gasteiger partial charge on any atom is 0.416 e. The number of fused-ring (bicyclic) bond motifs is 3. The second-order valence-corrected chi connectivity index (χ2v) is 7.06. The first-order chi connectivity index (χ1) is 14.2. The van der Waals surface area contributed by atoms with E-state index >= 15 is 0 Å². The number of aromatic nitrogens is 4. The van der Waals surface area contributed by atoms with Crippen LogP contribution in [0.5, 0.6) is 0 Å². The Bertz CT molecular complexity index is 1240. The second kappa shape index (κ2) is 7.13. The number of aliphatic hydroxyl groups excluding tert-OH is 1. The first-order valence-corrected chi connectivity index (χ1v) is 9.14. The standard InChI is InChI=1S/C20H18F3N5O2/c1-11(29)10-24-18(30)12-3-8-16-15(9-12)17-19(27(2)26-25-17)28(16)14-6-4-13(5-7-14)20(21,22)23/h3-9,11,29H,10H2,1-2H3,(H,24,30). The van der Waals surface area contributed by atoms with Crippen LogP contribution in [0, 0.1) is 0 Å². The summed E-state index contributed by atoms with van der Waals surface area (Å²) in [6, 6.07) is 9.81. The van der Waals surface area contributed by atoms with Crippen LogP contribution in [-0.2, 0) is 13.2 Å². The van der Waals surface area contributed by atoms with Gasteiger partial charge in [-0.05, 0) is 49.4 Å². The highest BCUT2D eigenvalue weighted by Gasteiger charge is 2.30. The molecule has 0 spiro atoms. The number of hydrogen-bond donors (Lipinski definition) is 2.